The lowest BCUT2D eigenvalue weighted by atomic mass is 10.1. The van der Waals surface area contributed by atoms with E-state index < -0.39 is 0 Å². The lowest BCUT2D eigenvalue weighted by Crippen LogP contribution is -2.27. The smallest absolute Gasteiger partial charge is 0.257 e. The molecule has 0 atom stereocenters. The summed E-state index contributed by atoms with van der Waals surface area (Å²) in [5.74, 6) is 1.06. The fourth-order valence-corrected chi connectivity index (χ4v) is 3.04. The molecule has 0 spiro atoms. The Morgan fingerprint density at radius 1 is 1.17 bits per heavy atom. The largest absolute Gasteiger partial charge is 0.486 e. The molecule has 0 amide bonds. The number of aromatic nitrogens is 2. The van der Waals surface area contributed by atoms with Gasteiger partial charge in [-0.2, -0.15) is 0 Å². The first-order valence-corrected chi connectivity index (χ1v) is 7.72. The van der Waals surface area contributed by atoms with Gasteiger partial charge < -0.3 is 9.47 Å². The van der Waals surface area contributed by atoms with Gasteiger partial charge >= 0.3 is 0 Å². The first-order chi connectivity index (χ1) is 11.2. The van der Waals surface area contributed by atoms with Crippen LogP contribution < -0.4 is 15.0 Å². The maximum Gasteiger partial charge on any atom is 0.257 e. The summed E-state index contributed by atoms with van der Waals surface area (Å²) in [6.45, 7) is 0.966. The fourth-order valence-electron chi connectivity index (χ4n) is 3.04. The number of carbonyl (C=O) groups is 1. The molecule has 0 saturated carbocycles. The molecule has 4 rings (SSSR count). The first kappa shape index (κ1) is 14.0. The molecule has 0 fully saturated rings. The van der Waals surface area contributed by atoms with Gasteiger partial charge in [-0.15, -0.1) is 0 Å². The third-order valence-electron chi connectivity index (χ3n) is 4.24. The zero-order valence-corrected chi connectivity index (χ0v) is 12.6. The van der Waals surface area contributed by atoms with Gasteiger partial charge in [-0.3, -0.25) is 14.2 Å². The second-order valence-electron chi connectivity index (χ2n) is 5.74. The zero-order chi connectivity index (χ0) is 15.8. The Morgan fingerprint density at radius 3 is 2.87 bits per heavy atom. The molecule has 6 heteroatoms. The summed E-state index contributed by atoms with van der Waals surface area (Å²) in [6, 6.07) is 5.09. The van der Waals surface area contributed by atoms with Crippen molar-refractivity contribution < 1.29 is 14.3 Å². The Bertz CT molecular complexity index is 841. The minimum absolute atomic E-state index is 0.0151. The van der Waals surface area contributed by atoms with Crippen molar-refractivity contribution in [3.63, 3.8) is 0 Å². The number of hydrogen-bond acceptors (Lipinski definition) is 5. The van der Waals surface area contributed by atoms with E-state index in [0.29, 0.717) is 30.3 Å². The van der Waals surface area contributed by atoms with E-state index in [9.17, 15) is 9.59 Å². The summed E-state index contributed by atoms with van der Waals surface area (Å²) in [7, 11) is 0. The van der Waals surface area contributed by atoms with Crippen LogP contribution in [0.5, 0.6) is 11.5 Å². The van der Waals surface area contributed by atoms with E-state index in [4.69, 9.17) is 9.47 Å². The molecule has 2 aromatic rings. The Morgan fingerprint density at radius 2 is 2.00 bits per heavy atom. The van der Waals surface area contributed by atoms with Crippen molar-refractivity contribution in [2.75, 3.05) is 13.2 Å². The molecule has 1 aromatic heterocycles. The van der Waals surface area contributed by atoms with Crippen LogP contribution in [0, 0.1) is 0 Å². The van der Waals surface area contributed by atoms with Crippen LogP contribution in [0.2, 0.25) is 0 Å². The summed E-state index contributed by atoms with van der Waals surface area (Å²) >= 11 is 0. The highest BCUT2D eigenvalue weighted by atomic mass is 16.6. The molecule has 2 heterocycles. The van der Waals surface area contributed by atoms with Gasteiger partial charge in [0, 0.05) is 11.1 Å². The summed E-state index contributed by atoms with van der Waals surface area (Å²) in [5.41, 5.74) is 2.03. The van der Waals surface area contributed by atoms with Crippen LogP contribution in [0.25, 0.3) is 0 Å². The average Bonchev–Trinajstić information content (AvgIpc) is 3.06. The number of ketones is 1. The zero-order valence-electron chi connectivity index (χ0n) is 12.6. The van der Waals surface area contributed by atoms with Crippen LogP contribution in [0.1, 0.15) is 28.0 Å². The Balaban J connectivity index is 1.60. The van der Waals surface area contributed by atoms with Crippen molar-refractivity contribution in [2.45, 2.75) is 25.8 Å². The molecule has 0 radical (unpaired) electrons. The fraction of sp³-hybridized carbons (Fsp3) is 0.353. The van der Waals surface area contributed by atoms with Crippen molar-refractivity contribution in [2.24, 2.45) is 0 Å². The third kappa shape index (κ3) is 2.50. The van der Waals surface area contributed by atoms with E-state index in [1.807, 2.05) is 0 Å². The van der Waals surface area contributed by atoms with Crippen LogP contribution in [-0.4, -0.2) is 28.5 Å². The molecule has 2 aliphatic rings. The van der Waals surface area contributed by atoms with Gasteiger partial charge in [0.1, 0.15) is 13.2 Å². The lowest BCUT2D eigenvalue weighted by Gasteiger charge is -2.18. The number of ether oxygens (including phenoxy) is 2. The molecule has 0 saturated heterocycles. The number of rotatable bonds is 3. The highest BCUT2D eigenvalue weighted by Gasteiger charge is 2.19. The topological polar surface area (TPSA) is 70.4 Å². The number of benzene rings is 1. The molecular formula is C17H16N2O4. The molecule has 0 unspecified atom stereocenters. The maximum atomic E-state index is 12.5. The van der Waals surface area contributed by atoms with Gasteiger partial charge in [-0.05, 0) is 37.5 Å². The minimum atomic E-state index is -0.149. The molecule has 6 nitrogen and oxygen atoms in total. The van der Waals surface area contributed by atoms with Crippen LogP contribution in [-0.2, 0) is 19.4 Å². The standard InChI is InChI=1S/C17H16N2O4/c20-14(11-4-5-15-16(8-11)23-7-6-22-15)9-19-10-18-13-3-1-2-12(13)17(19)21/h4-5,8,10H,1-3,6-7,9H2. The Labute approximate surface area is 132 Å². The van der Waals surface area contributed by atoms with Gasteiger partial charge in [-0.1, -0.05) is 0 Å². The predicted molar refractivity (Wildman–Crippen MR) is 82.3 cm³/mol. The highest BCUT2D eigenvalue weighted by molar-refractivity contribution is 5.96. The molecule has 1 aliphatic carbocycles. The van der Waals surface area contributed by atoms with E-state index in [1.165, 1.54) is 10.9 Å². The number of hydrogen-bond donors (Lipinski definition) is 0. The number of carbonyl (C=O) groups excluding carboxylic acids is 1. The third-order valence-corrected chi connectivity index (χ3v) is 4.24. The number of aryl methyl sites for hydroxylation is 1. The first-order valence-electron chi connectivity index (χ1n) is 7.72. The normalized spacial score (nSPS) is 15.3. The van der Waals surface area contributed by atoms with Crippen molar-refractivity contribution in [3.05, 3.63) is 51.7 Å². The molecular weight excluding hydrogens is 296 g/mol. The second-order valence-corrected chi connectivity index (χ2v) is 5.74. The van der Waals surface area contributed by atoms with Gasteiger partial charge in [0.2, 0.25) is 0 Å². The summed E-state index contributed by atoms with van der Waals surface area (Å²) in [4.78, 5) is 29.2. The van der Waals surface area contributed by atoms with Crippen LogP contribution >= 0.6 is 0 Å². The summed E-state index contributed by atoms with van der Waals surface area (Å²) in [6.07, 6.45) is 4.03. The number of fused-ring (bicyclic) bond motifs is 2. The predicted octanol–water partition coefficient (Wildman–Crippen LogP) is 1.39. The molecule has 23 heavy (non-hydrogen) atoms. The van der Waals surface area contributed by atoms with Crippen molar-refractivity contribution in [1.29, 1.82) is 0 Å². The van der Waals surface area contributed by atoms with Crippen LogP contribution in [0.15, 0.2) is 29.3 Å². The van der Waals surface area contributed by atoms with Gasteiger partial charge in [0.25, 0.3) is 5.56 Å². The maximum absolute atomic E-state index is 12.5. The molecule has 118 valence electrons. The van der Waals surface area contributed by atoms with Crippen LogP contribution in [0.3, 0.4) is 0 Å². The van der Waals surface area contributed by atoms with E-state index in [-0.39, 0.29) is 17.9 Å². The van der Waals surface area contributed by atoms with E-state index >= 15 is 0 Å². The Hall–Kier alpha value is -2.63. The molecule has 1 aliphatic heterocycles. The Kier molecular flexibility index (Phi) is 3.37. The van der Waals surface area contributed by atoms with Crippen molar-refractivity contribution >= 4 is 5.78 Å². The van der Waals surface area contributed by atoms with Gasteiger partial charge in [-0.25, -0.2) is 4.98 Å². The van der Waals surface area contributed by atoms with E-state index in [0.717, 1.165) is 30.5 Å². The quantitative estimate of drug-likeness (QED) is 0.801. The van der Waals surface area contributed by atoms with Gasteiger partial charge in [0.15, 0.2) is 17.3 Å². The highest BCUT2D eigenvalue weighted by Crippen LogP contribution is 2.30. The second kappa shape index (κ2) is 5.53. The molecule has 1 aromatic carbocycles. The summed E-state index contributed by atoms with van der Waals surface area (Å²) in [5, 5.41) is 0. The minimum Gasteiger partial charge on any atom is -0.486 e. The lowest BCUT2D eigenvalue weighted by molar-refractivity contribution is 0.0969. The van der Waals surface area contributed by atoms with Crippen molar-refractivity contribution in [1.82, 2.24) is 9.55 Å². The number of Topliss-reactive ketones (excluding diaryl/α,β-unsaturated/α-hetero) is 1. The van der Waals surface area contributed by atoms with Crippen LogP contribution in [0.4, 0.5) is 0 Å². The SMILES string of the molecule is O=C(Cn1cnc2c(c1=O)CCC2)c1ccc2c(c1)OCCO2. The van der Waals surface area contributed by atoms with Crippen molar-refractivity contribution in [3.8, 4) is 11.5 Å². The average molecular weight is 312 g/mol. The number of nitrogens with zero attached hydrogens (tertiary/aromatic N) is 2. The summed E-state index contributed by atoms with van der Waals surface area (Å²) < 4.78 is 12.3. The van der Waals surface area contributed by atoms with Gasteiger partial charge in [0.05, 0.1) is 18.6 Å². The van der Waals surface area contributed by atoms with E-state index in [1.54, 1.807) is 18.2 Å². The van der Waals surface area contributed by atoms with E-state index in [2.05, 4.69) is 4.98 Å². The monoisotopic (exact) mass is 312 g/mol. The molecule has 0 bridgehead atoms. The molecule has 0 N–H and O–H groups in total.